The van der Waals surface area contributed by atoms with Gasteiger partial charge in [0.2, 0.25) is 0 Å². The molecule has 2 aromatic rings. The van der Waals surface area contributed by atoms with Gasteiger partial charge in [-0.1, -0.05) is 42.5 Å². The molecule has 0 fully saturated rings. The normalized spacial score (nSPS) is 10.5. The van der Waals surface area contributed by atoms with Crippen LogP contribution in [0.1, 0.15) is 11.1 Å². The lowest BCUT2D eigenvalue weighted by atomic mass is 10.2. The van der Waals surface area contributed by atoms with E-state index in [9.17, 15) is 13.6 Å². The average molecular weight is 334 g/mol. The minimum Gasteiger partial charge on any atom is -0.488 e. The van der Waals surface area contributed by atoms with Crippen LogP contribution in [-0.4, -0.2) is 31.0 Å². The van der Waals surface area contributed by atoms with E-state index in [1.54, 1.807) is 36.2 Å². The SMILES string of the molecule is CN(Cc1ccccc1)C(=O)NCc1cccc(OCC(F)F)c1. The average Bonchev–Trinajstić information content (AvgIpc) is 2.59. The lowest BCUT2D eigenvalue weighted by Crippen LogP contribution is -2.36. The van der Waals surface area contributed by atoms with Crippen molar-refractivity contribution in [3.63, 3.8) is 0 Å². The third-order valence-electron chi connectivity index (χ3n) is 3.33. The summed E-state index contributed by atoms with van der Waals surface area (Å²) in [6.45, 7) is 0.156. The van der Waals surface area contributed by atoms with Crippen molar-refractivity contribution in [3.8, 4) is 5.75 Å². The van der Waals surface area contributed by atoms with E-state index in [4.69, 9.17) is 4.74 Å². The van der Waals surface area contributed by atoms with Crippen molar-refractivity contribution in [3.05, 3.63) is 65.7 Å². The Morgan fingerprint density at radius 2 is 1.83 bits per heavy atom. The molecule has 0 atom stereocenters. The Labute approximate surface area is 140 Å². The first-order valence-electron chi connectivity index (χ1n) is 7.57. The zero-order valence-electron chi connectivity index (χ0n) is 13.4. The number of carbonyl (C=O) groups is 1. The summed E-state index contributed by atoms with van der Waals surface area (Å²) >= 11 is 0. The van der Waals surface area contributed by atoms with Crippen molar-refractivity contribution in [1.29, 1.82) is 0 Å². The first-order chi connectivity index (χ1) is 11.5. The molecule has 24 heavy (non-hydrogen) atoms. The quantitative estimate of drug-likeness (QED) is 0.839. The van der Waals surface area contributed by atoms with Crippen LogP contribution in [0.25, 0.3) is 0 Å². The number of hydrogen-bond donors (Lipinski definition) is 1. The number of amides is 2. The van der Waals surface area contributed by atoms with Crippen LogP contribution < -0.4 is 10.1 Å². The zero-order chi connectivity index (χ0) is 17.4. The molecule has 128 valence electrons. The van der Waals surface area contributed by atoms with E-state index in [0.717, 1.165) is 11.1 Å². The number of hydrogen-bond acceptors (Lipinski definition) is 2. The minimum atomic E-state index is -2.51. The Bertz CT molecular complexity index is 650. The fraction of sp³-hybridized carbons (Fsp3) is 0.278. The van der Waals surface area contributed by atoms with Crippen LogP contribution in [0.4, 0.5) is 13.6 Å². The van der Waals surface area contributed by atoms with Gasteiger partial charge in [0.25, 0.3) is 6.43 Å². The number of halogens is 2. The van der Waals surface area contributed by atoms with Crippen LogP contribution in [-0.2, 0) is 13.1 Å². The fourth-order valence-electron chi connectivity index (χ4n) is 2.15. The van der Waals surface area contributed by atoms with Crippen molar-refractivity contribution in [2.45, 2.75) is 19.5 Å². The van der Waals surface area contributed by atoms with E-state index < -0.39 is 13.0 Å². The monoisotopic (exact) mass is 334 g/mol. The standard InChI is InChI=1S/C18H20F2N2O2/c1-22(12-14-6-3-2-4-7-14)18(23)21-11-15-8-5-9-16(10-15)24-13-17(19)20/h2-10,17H,11-13H2,1H3,(H,21,23). The summed E-state index contributed by atoms with van der Waals surface area (Å²) in [7, 11) is 1.71. The summed E-state index contributed by atoms with van der Waals surface area (Å²) < 4.78 is 29.3. The van der Waals surface area contributed by atoms with Gasteiger partial charge >= 0.3 is 6.03 Å². The smallest absolute Gasteiger partial charge is 0.317 e. The van der Waals surface area contributed by atoms with Gasteiger partial charge in [-0.2, -0.15) is 0 Å². The molecule has 2 aromatic carbocycles. The molecule has 4 nitrogen and oxygen atoms in total. The van der Waals surface area contributed by atoms with Gasteiger partial charge in [-0.3, -0.25) is 0 Å². The number of benzene rings is 2. The van der Waals surface area contributed by atoms with Crippen LogP contribution in [0, 0.1) is 0 Å². The van der Waals surface area contributed by atoms with E-state index in [1.807, 2.05) is 30.3 Å². The lowest BCUT2D eigenvalue weighted by Gasteiger charge is -2.18. The maximum absolute atomic E-state index is 12.2. The Balaban J connectivity index is 1.83. The first-order valence-corrected chi connectivity index (χ1v) is 7.57. The van der Waals surface area contributed by atoms with Crippen LogP contribution >= 0.6 is 0 Å². The minimum absolute atomic E-state index is 0.210. The molecule has 0 aromatic heterocycles. The molecular formula is C18H20F2N2O2. The third-order valence-corrected chi connectivity index (χ3v) is 3.33. The Morgan fingerprint density at radius 1 is 1.12 bits per heavy atom. The number of alkyl halides is 2. The first kappa shape index (κ1) is 17.7. The van der Waals surface area contributed by atoms with Crippen LogP contribution in [0.2, 0.25) is 0 Å². The van der Waals surface area contributed by atoms with E-state index in [2.05, 4.69) is 5.32 Å². The van der Waals surface area contributed by atoms with E-state index >= 15 is 0 Å². The van der Waals surface area contributed by atoms with Gasteiger partial charge in [-0.15, -0.1) is 0 Å². The van der Waals surface area contributed by atoms with Crippen LogP contribution in [0.5, 0.6) is 5.75 Å². The van der Waals surface area contributed by atoms with Gasteiger partial charge in [0.1, 0.15) is 12.4 Å². The number of nitrogens with one attached hydrogen (secondary N) is 1. The maximum Gasteiger partial charge on any atom is 0.317 e. The molecule has 0 saturated heterocycles. The second-order valence-corrected chi connectivity index (χ2v) is 5.35. The summed E-state index contributed by atoms with van der Waals surface area (Å²) in [4.78, 5) is 13.7. The number of urea groups is 1. The third kappa shape index (κ3) is 5.87. The van der Waals surface area contributed by atoms with E-state index in [1.165, 1.54) is 0 Å². The summed E-state index contributed by atoms with van der Waals surface area (Å²) in [5, 5.41) is 2.79. The van der Waals surface area contributed by atoms with Gasteiger partial charge in [-0.05, 0) is 23.3 Å². The highest BCUT2D eigenvalue weighted by molar-refractivity contribution is 5.73. The molecule has 0 aliphatic heterocycles. The number of rotatable bonds is 7. The predicted molar refractivity (Wildman–Crippen MR) is 88.1 cm³/mol. The van der Waals surface area contributed by atoms with Gasteiger partial charge in [-0.25, -0.2) is 13.6 Å². The highest BCUT2D eigenvalue weighted by atomic mass is 19.3. The number of carbonyl (C=O) groups excluding carboxylic acids is 1. The van der Waals surface area contributed by atoms with Gasteiger partial charge in [0.15, 0.2) is 0 Å². The second kappa shape index (κ2) is 8.86. The summed E-state index contributed by atoms with van der Waals surface area (Å²) in [6.07, 6.45) is -2.51. The predicted octanol–water partition coefficient (Wildman–Crippen LogP) is 3.67. The highest BCUT2D eigenvalue weighted by Gasteiger charge is 2.09. The molecule has 0 unspecified atom stereocenters. The van der Waals surface area contributed by atoms with Crippen molar-refractivity contribution >= 4 is 6.03 Å². The molecule has 0 radical (unpaired) electrons. The zero-order valence-corrected chi connectivity index (χ0v) is 13.4. The Hall–Kier alpha value is -2.63. The topological polar surface area (TPSA) is 41.6 Å². The van der Waals surface area contributed by atoms with Crippen LogP contribution in [0.3, 0.4) is 0 Å². The van der Waals surface area contributed by atoms with Gasteiger partial charge in [0.05, 0.1) is 0 Å². The summed E-state index contributed by atoms with van der Waals surface area (Å²) in [5.41, 5.74) is 1.82. The van der Waals surface area contributed by atoms with E-state index in [0.29, 0.717) is 18.8 Å². The molecule has 2 rings (SSSR count). The van der Waals surface area contributed by atoms with Crippen LogP contribution in [0.15, 0.2) is 54.6 Å². The van der Waals surface area contributed by atoms with Gasteiger partial charge in [0, 0.05) is 20.1 Å². The molecule has 0 bridgehead atoms. The Kier molecular flexibility index (Phi) is 6.54. The number of ether oxygens (including phenoxy) is 1. The molecule has 2 amide bonds. The molecule has 0 aliphatic rings. The largest absolute Gasteiger partial charge is 0.488 e. The molecule has 6 heteroatoms. The van der Waals surface area contributed by atoms with E-state index in [-0.39, 0.29) is 6.03 Å². The molecule has 1 N–H and O–H groups in total. The summed E-state index contributed by atoms with van der Waals surface area (Å²) in [6, 6.07) is 16.2. The lowest BCUT2D eigenvalue weighted by molar-refractivity contribution is 0.0818. The maximum atomic E-state index is 12.2. The Morgan fingerprint density at radius 3 is 2.54 bits per heavy atom. The van der Waals surface area contributed by atoms with Crippen molar-refractivity contribution in [1.82, 2.24) is 10.2 Å². The van der Waals surface area contributed by atoms with Gasteiger partial charge < -0.3 is 15.0 Å². The molecule has 0 saturated carbocycles. The van der Waals surface area contributed by atoms with Crippen molar-refractivity contribution in [2.75, 3.05) is 13.7 Å². The summed E-state index contributed by atoms with van der Waals surface area (Å²) in [5.74, 6) is 0.361. The molecule has 0 aliphatic carbocycles. The fourth-order valence-corrected chi connectivity index (χ4v) is 2.15. The highest BCUT2D eigenvalue weighted by Crippen LogP contribution is 2.14. The number of nitrogens with zero attached hydrogens (tertiary/aromatic N) is 1. The molecular weight excluding hydrogens is 314 g/mol. The van der Waals surface area contributed by atoms with Crippen molar-refractivity contribution in [2.24, 2.45) is 0 Å². The molecule has 0 spiro atoms. The van der Waals surface area contributed by atoms with Crippen molar-refractivity contribution < 1.29 is 18.3 Å². The molecule has 0 heterocycles. The second-order valence-electron chi connectivity index (χ2n) is 5.35.